The topological polar surface area (TPSA) is 366 Å². The van der Waals surface area contributed by atoms with Crippen LogP contribution in [0.1, 0.15) is 20.8 Å². The molecule has 0 saturated carbocycles. The Hall–Kier alpha value is -0.920. The van der Waals surface area contributed by atoms with E-state index in [1.54, 1.807) is 0 Å². The Bertz CT molecular complexity index is 1190. The van der Waals surface area contributed by atoms with Crippen molar-refractivity contribution in [2.45, 2.75) is 168 Å². The monoisotopic (exact) mass is 808 g/mol. The zero-order chi connectivity index (χ0) is 40.6. The van der Waals surface area contributed by atoms with Crippen LogP contribution in [0.2, 0.25) is 0 Å². The molecule has 0 aliphatic carbocycles. The predicted octanol–water partition coefficient (Wildman–Crippen LogP) is -8.55. The Morgan fingerprint density at radius 3 is 1.35 bits per heavy atom. The minimum absolute atomic E-state index is 0.669. The minimum Gasteiger partial charge on any atom is -0.394 e. The van der Waals surface area contributed by atoms with Crippen LogP contribution in [0.4, 0.5) is 0 Å². The van der Waals surface area contributed by atoms with Gasteiger partial charge in [-0.3, -0.25) is 0 Å². The smallest absolute Gasteiger partial charge is 0.187 e. The Kier molecular flexibility index (Phi) is 15.6. The maximum atomic E-state index is 11.4. The van der Waals surface area contributed by atoms with E-state index in [0.29, 0.717) is 0 Å². The van der Waals surface area contributed by atoms with Gasteiger partial charge < -0.3 is 114 Å². The highest BCUT2D eigenvalue weighted by Crippen LogP contribution is 2.37. The zero-order valence-corrected chi connectivity index (χ0v) is 30.2. The molecule has 5 rings (SSSR count). The lowest BCUT2D eigenvalue weighted by molar-refractivity contribution is -0.393. The molecule has 0 aromatic rings. The van der Waals surface area contributed by atoms with E-state index in [1.165, 1.54) is 20.8 Å². The van der Waals surface area contributed by atoms with Crippen molar-refractivity contribution < 1.29 is 114 Å². The van der Waals surface area contributed by atoms with Gasteiger partial charge in [0.15, 0.2) is 25.2 Å². The van der Waals surface area contributed by atoms with E-state index in [2.05, 4.69) is 0 Å². The summed E-state index contributed by atoms with van der Waals surface area (Å²) >= 11 is 0. The van der Waals surface area contributed by atoms with Crippen molar-refractivity contribution >= 4 is 0 Å². The van der Waals surface area contributed by atoms with Crippen LogP contribution in [0.3, 0.4) is 0 Å². The minimum atomic E-state index is -1.92. The number of hydrogen-bond acceptors (Lipinski definition) is 23. The summed E-state index contributed by atoms with van der Waals surface area (Å²) in [5.74, 6) is -1.13. The zero-order valence-electron chi connectivity index (χ0n) is 30.2. The first-order valence-electron chi connectivity index (χ1n) is 18.1. The summed E-state index contributed by atoms with van der Waals surface area (Å²) < 4.78 is 51.6. The number of ether oxygens (including phenoxy) is 9. The molecule has 0 amide bonds. The standard InChI is InChI=1S/C32H56O23/c1-8-25(52-32-28(22(44)17(39)11(4-33)51-32)55-30-23(45)20(42)15(37)10(3)48-30)18(40)12(5-34)49-29(8)54-27-19(41)13(6-35)50-31(24(27)46)53-26-14(7-36)47-9(2)16(38)21(26)43/h8-46H,4-7H2,1-3H3/t8-,9-,10?,11?,12?,13?,14?,15+,16+,17-,18-,19-,20?,21?,22?,23-,24?,25?,26-,27-,28-,29-,30-,31+,32-/m0/s1. The van der Waals surface area contributed by atoms with Gasteiger partial charge in [-0.2, -0.15) is 0 Å². The van der Waals surface area contributed by atoms with Crippen LogP contribution in [0, 0.1) is 5.92 Å². The number of rotatable bonds is 12. The fourth-order valence-electron chi connectivity index (χ4n) is 7.39. The van der Waals surface area contributed by atoms with Crippen LogP contribution in [0.25, 0.3) is 0 Å². The van der Waals surface area contributed by atoms with Gasteiger partial charge in [0, 0.05) is 5.92 Å². The van der Waals surface area contributed by atoms with Crippen molar-refractivity contribution in [2.24, 2.45) is 5.92 Å². The van der Waals surface area contributed by atoms with E-state index < -0.39 is 180 Å². The lowest BCUT2D eigenvalue weighted by Crippen LogP contribution is -2.67. The molecule has 0 aromatic carbocycles. The van der Waals surface area contributed by atoms with Gasteiger partial charge in [-0.15, -0.1) is 0 Å². The average Bonchev–Trinajstić information content (AvgIpc) is 3.17. The lowest BCUT2D eigenvalue weighted by Gasteiger charge is -2.50. The van der Waals surface area contributed by atoms with Gasteiger partial charge >= 0.3 is 0 Å². The van der Waals surface area contributed by atoms with Crippen LogP contribution in [0.15, 0.2) is 0 Å². The van der Waals surface area contributed by atoms with Crippen molar-refractivity contribution in [1.82, 2.24) is 0 Å². The molecule has 0 bridgehead atoms. The van der Waals surface area contributed by atoms with Crippen LogP contribution in [0.5, 0.6) is 0 Å². The molecule has 0 spiro atoms. The molecule has 23 nitrogen and oxygen atoms in total. The molecular formula is C32H56O23. The van der Waals surface area contributed by atoms with E-state index in [4.69, 9.17) is 42.6 Å². The average molecular weight is 809 g/mol. The van der Waals surface area contributed by atoms with Crippen molar-refractivity contribution in [1.29, 1.82) is 0 Å². The molecule has 5 fully saturated rings. The summed E-state index contributed by atoms with van der Waals surface area (Å²) in [6, 6.07) is 0. The molecule has 5 saturated heterocycles. The quantitative estimate of drug-likeness (QED) is 0.0870. The Labute approximate surface area is 314 Å². The molecule has 25 atom stereocenters. The van der Waals surface area contributed by atoms with Crippen molar-refractivity contribution in [3.63, 3.8) is 0 Å². The predicted molar refractivity (Wildman–Crippen MR) is 172 cm³/mol. The molecule has 14 N–H and O–H groups in total. The number of aliphatic hydroxyl groups excluding tert-OH is 14. The van der Waals surface area contributed by atoms with Crippen molar-refractivity contribution in [3.05, 3.63) is 0 Å². The maximum Gasteiger partial charge on any atom is 0.187 e. The third-order valence-electron chi connectivity index (χ3n) is 10.9. The second-order valence-corrected chi connectivity index (χ2v) is 14.6. The summed E-state index contributed by atoms with van der Waals surface area (Å²) in [5, 5.41) is 147. The molecule has 322 valence electrons. The second-order valence-electron chi connectivity index (χ2n) is 14.6. The van der Waals surface area contributed by atoms with Crippen LogP contribution in [-0.2, 0) is 42.6 Å². The first-order valence-corrected chi connectivity index (χ1v) is 18.1. The largest absolute Gasteiger partial charge is 0.394 e. The summed E-state index contributed by atoms with van der Waals surface area (Å²) in [6.07, 6.45) is -38.1. The normalized spacial score (nSPS) is 53.9. The van der Waals surface area contributed by atoms with Gasteiger partial charge in [0.2, 0.25) is 0 Å². The molecule has 0 aromatic heterocycles. The van der Waals surface area contributed by atoms with Gasteiger partial charge in [0.25, 0.3) is 0 Å². The van der Waals surface area contributed by atoms with Gasteiger partial charge in [-0.25, -0.2) is 0 Å². The Morgan fingerprint density at radius 1 is 0.327 bits per heavy atom. The van der Waals surface area contributed by atoms with Gasteiger partial charge in [-0.1, -0.05) is 6.92 Å². The lowest BCUT2D eigenvalue weighted by atomic mass is 9.91. The number of aliphatic hydroxyl groups is 14. The highest BCUT2D eigenvalue weighted by atomic mass is 16.8. The first-order chi connectivity index (χ1) is 26.0. The van der Waals surface area contributed by atoms with Crippen LogP contribution >= 0.6 is 0 Å². The van der Waals surface area contributed by atoms with E-state index in [0.717, 1.165) is 0 Å². The molecule has 5 heterocycles. The highest BCUT2D eigenvalue weighted by Gasteiger charge is 2.56. The van der Waals surface area contributed by atoms with Crippen molar-refractivity contribution in [3.8, 4) is 0 Å². The van der Waals surface area contributed by atoms with E-state index >= 15 is 0 Å². The number of hydrogen-bond donors (Lipinski definition) is 14. The molecule has 23 heteroatoms. The van der Waals surface area contributed by atoms with Gasteiger partial charge in [0.1, 0.15) is 104 Å². The molecule has 5 aliphatic heterocycles. The maximum absolute atomic E-state index is 11.4. The highest BCUT2D eigenvalue weighted by molar-refractivity contribution is 4.98. The Balaban J connectivity index is 1.37. The fourth-order valence-corrected chi connectivity index (χ4v) is 7.39. The van der Waals surface area contributed by atoms with Crippen molar-refractivity contribution in [2.75, 3.05) is 26.4 Å². The van der Waals surface area contributed by atoms with Gasteiger partial charge in [-0.05, 0) is 13.8 Å². The van der Waals surface area contributed by atoms with E-state index in [-0.39, 0.29) is 0 Å². The summed E-state index contributed by atoms with van der Waals surface area (Å²) in [7, 11) is 0. The molecule has 10 unspecified atom stereocenters. The molecule has 55 heavy (non-hydrogen) atoms. The molecule has 5 aliphatic rings. The van der Waals surface area contributed by atoms with Gasteiger partial charge in [0.05, 0.1) is 44.7 Å². The summed E-state index contributed by atoms with van der Waals surface area (Å²) in [6.45, 7) is 1.08. The van der Waals surface area contributed by atoms with Crippen LogP contribution in [-0.4, -0.2) is 245 Å². The molecular weight excluding hydrogens is 752 g/mol. The fraction of sp³-hybridized carbons (Fsp3) is 1.00. The summed E-state index contributed by atoms with van der Waals surface area (Å²) in [4.78, 5) is 0. The van der Waals surface area contributed by atoms with E-state index in [9.17, 15) is 71.5 Å². The second kappa shape index (κ2) is 19.0. The summed E-state index contributed by atoms with van der Waals surface area (Å²) in [5.41, 5.74) is 0. The SMILES string of the molecule is CC1O[C@@H](O[C@H]2C(O)[C@@H](O)C(CO)O[C@H]2OC2[C@@H](O)C(CO)O[C@@H](O[C@@H]3C(O)[C@@H](O[C@H]4C(CO)O[C@@H](C)[C@@H](O)C4O)OC(CO)[C@@H]3O)[C@H]2C)[C@@H](O)C(O)[C@@H]1O. The first kappa shape index (κ1) is 45.2. The Morgan fingerprint density at radius 2 is 0.745 bits per heavy atom. The molecule has 0 radical (unpaired) electrons. The van der Waals surface area contributed by atoms with Crippen LogP contribution < -0.4 is 0 Å². The third kappa shape index (κ3) is 9.14. The third-order valence-corrected chi connectivity index (χ3v) is 10.9. The van der Waals surface area contributed by atoms with E-state index in [1.807, 2.05) is 0 Å².